The SMILES string of the molecule is CCOc1cccc([C@@H](NC(=O)O[C@H]2CN3CCC2CC3)c2ccccc2)c1. The van der Waals surface area contributed by atoms with Gasteiger partial charge in [-0.3, -0.25) is 4.90 Å². The first-order valence-corrected chi connectivity index (χ1v) is 10.2. The first-order valence-electron chi connectivity index (χ1n) is 10.2. The molecule has 28 heavy (non-hydrogen) atoms. The van der Waals surface area contributed by atoms with Gasteiger partial charge in [-0.05, 0) is 62.0 Å². The summed E-state index contributed by atoms with van der Waals surface area (Å²) in [7, 11) is 0. The van der Waals surface area contributed by atoms with Gasteiger partial charge in [0.2, 0.25) is 0 Å². The predicted octanol–water partition coefficient (Wildman–Crippen LogP) is 4.00. The number of ether oxygens (including phenoxy) is 2. The minimum absolute atomic E-state index is 0.00585. The average molecular weight is 380 g/mol. The molecule has 5 rings (SSSR count). The van der Waals surface area contributed by atoms with Gasteiger partial charge in [-0.25, -0.2) is 4.79 Å². The second-order valence-corrected chi connectivity index (χ2v) is 7.58. The summed E-state index contributed by atoms with van der Waals surface area (Å²) in [6, 6.07) is 17.6. The van der Waals surface area contributed by atoms with E-state index in [9.17, 15) is 4.79 Å². The zero-order chi connectivity index (χ0) is 19.3. The van der Waals surface area contributed by atoms with Gasteiger partial charge in [0.05, 0.1) is 12.6 Å². The van der Waals surface area contributed by atoms with E-state index >= 15 is 0 Å². The van der Waals surface area contributed by atoms with Gasteiger partial charge >= 0.3 is 6.09 Å². The van der Waals surface area contributed by atoms with E-state index in [1.807, 2.05) is 61.5 Å². The van der Waals surface area contributed by atoms with E-state index in [0.717, 1.165) is 49.4 Å². The largest absolute Gasteiger partial charge is 0.494 e. The molecule has 148 valence electrons. The molecule has 2 atom stereocenters. The lowest BCUT2D eigenvalue weighted by Gasteiger charge is -2.43. The molecule has 0 radical (unpaired) electrons. The Bertz CT molecular complexity index is 787. The van der Waals surface area contributed by atoms with E-state index in [4.69, 9.17) is 9.47 Å². The van der Waals surface area contributed by atoms with Crippen LogP contribution in [0, 0.1) is 5.92 Å². The Morgan fingerprint density at radius 2 is 1.86 bits per heavy atom. The van der Waals surface area contributed by atoms with Crippen LogP contribution >= 0.6 is 0 Å². The summed E-state index contributed by atoms with van der Waals surface area (Å²) in [4.78, 5) is 15.2. The molecule has 0 aliphatic carbocycles. The molecule has 2 aromatic rings. The number of nitrogens with one attached hydrogen (secondary N) is 1. The number of nitrogens with zero attached hydrogens (tertiary/aromatic N) is 1. The summed E-state index contributed by atoms with van der Waals surface area (Å²) < 4.78 is 11.5. The van der Waals surface area contributed by atoms with Crippen molar-refractivity contribution in [2.24, 2.45) is 5.92 Å². The molecule has 2 aromatic carbocycles. The standard InChI is InChI=1S/C23H28N2O3/c1-2-27-20-10-6-9-19(15-20)22(18-7-4-3-5-8-18)24-23(26)28-21-16-25-13-11-17(21)12-14-25/h3-10,15,17,21-22H,2,11-14,16H2,1H3,(H,24,26)/t21-,22-/m0/s1. The Morgan fingerprint density at radius 3 is 2.54 bits per heavy atom. The number of piperidine rings is 3. The fraction of sp³-hybridized carbons (Fsp3) is 0.435. The summed E-state index contributed by atoms with van der Waals surface area (Å²) in [5.41, 5.74) is 1.99. The number of amides is 1. The molecule has 3 saturated heterocycles. The van der Waals surface area contributed by atoms with Crippen LogP contribution in [0.4, 0.5) is 4.79 Å². The summed E-state index contributed by atoms with van der Waals surface area (Å²) in [6.45, 7) is 5.68. The number of fused-ring (bicyclic) bond motifs is 3. The van der Waals surface area contributed by atoms with Crippen LogP contribution < -0.4 is 10.1 Å². The number of carbonyl (C=O) groups is 1. The third-order valence-corrected chi connectivity index (χ3v) is 5.75. The second-order valence-electron chi connectivity index (χ2n) is 7.58. The minimum Gasteiger partial charge on any atom is -0.494 e. The highest BCUT2D eigenvalue weighted by molar-refractivity contribution is 5.69. The Hall–Kier alpha value is -2.53. The van der Waals surface area contributed by atoms with Crippen LogP contribution in [0.1, 0.15) is 36.9 Å². The van der Waals surface area contributed by atoms with Gasteiger partial charge in [0, 0.05) is 6.54 Å². The van der Waals surface area contributed by atoms with Gasteiger partial charge in [-0.1, -0.05) is 42.5 Å². The number of benzene rings is 2. The molecule has 5 nitrogen and oxygen atoms in total. The zero-order valence-corrected chi connectivity index (χ0v) is 16.3. The van der Waals surface area contributed by atoms with Crippen LogP contribution in [0.5, 0.6) is 5.75 Å². The summed E-state index contributed by atoms with van der Waals surface area (Å²) in [6.07, 6.45) is 1.88. The van der Waals surface area contributed by atoms with Crippen molar-refractivity contribution in [3.63, 3.8) is 0 Å². The molecule has 1 amide bonds. The lowest BCUT2D eigenvalue weighted by molar-refractivity contribution is -0.0336. The third kappa shape index (κ3) is 4.30. The molecule has 1 N–H and O–H groups in total. The van der Waals surface area contributed by atoms with E-state index in [2.05, 4.69) is 10.2 Å². The maximum atomic E-state index is 12.8. The number of carbonyl (C=O) groups excluding carboxylic acids is 1. The van der Waals surface area contributed by atoms with Crippen LogP contribution in [-0.2, 0) is 4.74 Å². The molecule has 0 saturated carbocycles. The molecule has 0 spiro atoms. The zero-order valence-electron chi connectivity index (χ0n) is 16.3. The minimum atomic E-state index is -0.352. The Morgan fingerprint density at radius 1 is 1.11 bits per heavy atom. The van der Waals surface area contributed by atoms with Gasteiger partial charge in [0.15, 0.2) is 0 Å². The lowest BCUT2D eigenvalue weighted by atomic mass is 9.86. The Kier molecular flexibility index (Phi) is 5.81. The van der Waals surface area contributed by atoms with Crippen molar-refractivity contribution in [2.45, 2.75) is 31.9 Å². The third-order valence-electron chi connectivity index (χ3n) is 5.75. The van der Waals surface area contributed by atoms with Crippen molar-refractivity contribution in [3.8, 4) is 5.75 Å². The molecule has 2 bridgehead atoms. The first kappa shape index (κ1) is 18.8. The highest BCUT2D eigenvalue weighted by Gasteiger charge is 2.36. The van der Waals surface area contributed by atoms with Crippen molar-refractivity contribution in [1.29, 1.82) is 0 Å². The average Bonchev–Trinajstić information content (AvgIpc) is 2.74. The number of hydrogen-bond donors (Lipinski definition) is 1. The van der Waals surface area contributed by atoms with Gasteiger partial charge in [-0.2, -0.15) is 0 Å². The van der Waals surface area contributed by atoms with Crippen molar-refractivity contribution >= 4 is 6.09 Å². The van der Waals surface area contributed by atoms with Gasteiger partial charge in [0.1, 0.15) is 11.9 Å². The van der Waals surface area contributed by atoms with E-state index in [1.54, 1.807) is 0 Å². The van der Waals surface area contributed by atoms with E-state index in [0.29, 0.717) is 12.5 Å². The Labute approximate surface area is 166 Å². The highest BCUT2D eigenvalue weighted by Crippen LogP contribution is 2.30. The molecule has 5 heteroatoms. The maximum Gasteiger partial charge on any atom is 0.408 e. The lowest BCUT2D eigenvalue weighted by Crippen LogP contribution is -2.52. The predicted molar refractivity (Wildman–Crippen MR) is 108 cm³/mol. The van der Waals surface area contributed by atoms with Gasteiger partial charge < -0.3 is 14.8 Å². The number of alkyl carbamates (subject to hydrolysis) is 1. The normalized spacial score (nSPS) is 24.4. The summed E-state index contributed by atoms with van der Waals surface area (Å²) >= 11 is 0. The molecule has 3 aliphatic heterocycles. The van der Waals surface area contributed by atoms with Crippen LogP contribution in [0.15, 0.2) is 54.6 Å². The van der Waals surface area contributed by atoms with Crippen LogP contribution in [-0.4, -0.2) is 43.3 Å². The fourth-order valence-electron chi connectivity index (χ4n) is 4.29. The van der Waals surface area contributed by atoms with E-state index in [1.165, 1.54) is 0 Å². The van der Waals surface area contributed by atoms with Crippen molar-refractivity contribution in [3.05, 3.63) is 65.7 Å². The molecular formula is C23H28N2O3. The molecule has 3 heterocycles. The summed E-state index contributed by atoms with van der Waals surface area (Å²) in [5, 5.41) is 3.09. The molecular weight excluding hydrogens is 352 g/mol. The molecule has 3 aliphatic rings. The molecule has 0 unspecified atom stereocenters. The summed E-state index contributed by atoms with van der Waals surface area (Å²) in [5.74, 6) is 1.29. The highest BCUT2D eigenvalue weighted by atomic mass is 16.6. The number of rotatable bonds is 6. The monoisotopic (exact) mass is 380 g/mol. The van der Waals surface area contributed by atoms with Crippen molar-refractivity contribution in [1.82, 2.24) is 10.2 Å². The smallest absolute Gasteiger partial charge is 0.408 e. The maximum absolute atomic E-state index is 12.8. The second kappa shape index (κ2) is 8.65. The van der Waals surface area contributed by atoms with Crippen molar-refractivity contribution < 1.29 is 14.3 Å². The van der Waals surface area contributed by atoms with Crippen molar-refractivity contribution in [2.75, 3.05) is 26.2 Å². The van der Waals surface area contributed by atoms with E-state index in [-0.39, 0.29) is 18.2 Å². The number of hydrogen-bond acceptors (Lipinski definition) is 4. The quantitative estimate of drug-likeness (QED) is 0.823. The fourth-order valence-corrected chi connectivity index (χ4v) is 4.29. The van der Waals surface area contributed by atoms with Crippen LogP contribution in [0.3, 0.4) is 0 Å². The topological polar surface area (TPSA) is 50.8 Å². The van der Waals surface area contributed by atoms with E-state index < -0.39 is 0 Å². The van der Waals surface area contributed by atoms with Gasteiger partial charge in [-0.15, -0.1) is 0 Å². The van der Waals surface area contributed by atoms with Crippen LogP contribution in [0.2, 0.25) is 0 Å². The van der Waals surface area contributed by atoms with Gasteiger partial charge in [0.25, 0.3) is 0 Å². The first-order chi connectivity index (χ1) is 13.7. The van der Waals surface area contributed by atoms with Crippen LogP contribution in [0.25, 0.3) is 0 Å². The Balaban J connectivity index is 1.51. The molecule has 0 aromatic heterocycles. The molecule has 3 fully saturated rings.